The number of aliphatic hydroxyl groups is 2. The first-order chi connectivity index (χ1) is 32.2. The summed E-state index contributed by atoms with van der Waals surface area (Å²) in [5.74, 6) is -1.88. The minimum absolute atomic E-state index is 0.121. The van der Waals surface area contributed by atoms with Crippen molar-refractivity contribution in [1.29, 1.82) is 0 Å². The van der Waals surface area contributed by atoms with Crippen molar-refractivity contribution < 1.29 is 52.8 Å². The van der Waals surface area contributed by atoms with Gasteiger partial charge in [-0.05, 0) is 97.5 Å². The minimum Gasteiger partial charge on any atom is -0.489 e. The van der Waals surface area contributed by atoms with Crippen LogP contribution in [-0.4, -0.2) is 114 Å². The summed E-state index contributed by atoms with van der Waals surface area (Å²) in [6.07, 6.45) is 8.73. The summed E-state index contributed by atoms with van der Waals surface area (Å²) in [6, 6.07) is 20.1. The molecule has 0 heterocycles. The summed E-state index contributed by atoms with van der Waals surface area (Å²) in [6.45, 7) is 20.5. The number of nitrogens with zero attached hydrogens (tertiary/aromatic N) is 2. The Bertz CT molecular complexity index is 2250. The van der Waals surface area contributed by atoms with Gasteiger partial charge in [0.1, 0.15) is 36.3 Å². The number of carbonyl (C=O) groups excluding carboxylic acids is 3. The number of amides is 3. The fourth-order valence-corrected chi connectivity index (χ4v) is 6.38. The number of hydrogen-bond acceptors (Lipinski definition) is 9. The average molecular weight is 927 g/mol. The molecule has 0 radical (unpaired) electrons. The third-order valence-electron chi connectivity index (χ3n) is 9.36. The van der Waals surface area contributed by atoms with Crippen molar-refractivity contribution in [2.45, 2.75) is 51.6 Å². The lowest BCUT2D eigenvalue weighted by Gasteiger charge is -2.21. The second-order valence-corrected chi connectivity index (χ2v) is 15.0. The molecule has 4 aromatic carbocycles. The molecule has 0 saturated heterocycles. The maximum absolute atomic E-state index is 13.9. The molecule has 0 saturated carbocycles. The molecule has 67 heavy (non-hydrogen) atoms. The zero-order chi connectivity index (χ0) is 49.7. The number of benzene rings is 4. The molecule has 0 spiro atoms. The second-order valence-electron chi connectivity index (χ2n) is 15.0. The van der Waals surface area contributed by atoms with Gasteiger partial charge in [0, 0.05) is 61.0 Å². The van der Waals surface area contributed by atoms with Gasteiger partial charge in [0.05, 0.1) is 24.8 Å². The smallest absolute Gasteiger partial charge is 0.335 e. The van der Waals surface area contributed by atoms with Gasteiger partial charge in [0.2, 0.25) is 0 Å². The lowest BCUT2D eigenvalue weighted by atomic mass is 10.0. The van der Waals surface area contributed by atoms with Crippen molar-refractivity contribution in [3.63, 3.8) is 0 Å². The van der Waals surface area contributed by atoms with Crippen molar-refractivity contribution in [3.05, 3.63) is 181 Å². The quantitative estimate of drug-likeness (QED) is 0.0418. The standard InChI is InChI=1S/C26H31FN2O4.C14H17NO3.C12H16FNO2/c1-4-10-29(11-5-2)26(32)21-9-7-8-20(16-21)25(31)28-23(18-30)14-19-13-22(27)17-24(15-19)33-12-6-3;1-3-8-15(9-4-2)13(16)11-6-5-7-12(10-11)14(17)18;1-2-3-16-12-6-9(4-10(13)7-12)5-11(14)8-15/h4,6-9,13,15-17,23,30H,1,3,5,10-12,14,18H2,2H3,(H,28,31);3,5-7,10H,1,4,8-9H2,2H3,(H,17,18);2,4,6-7,11,15H,1,3,5,8,14H2/t;;11-/m..0/s1. The normalized spacial score (nSPS) is 11.1. The highest BCUT2D eigenvalue weighted by Crippen LogP contribution is 2.20. The number of nitrogens with one attached hydrogen (secondary N) is 1. The topological polar surface area (TPSA) is 192 Å². The predicted molar refractivity (Wildman–Crippen MR) is 258 cm³/mol. The number of aliphatic hydroxyl groups excluding tert-OH is 2. The van der Waals surface area contributed by atoms with Crippen LogP contribution in [0.1, 0.15) is 79.2 Å². The number of ether oxygens (including phenoxy) is 2. The van der Waals surface area contributed by atoms with Gasteiger partial charge in [-0.15, -0.1) is 13.2 Å². The maximum atomic E-state index is 13.9. The van der Waals surface area contributed by atoms with Crippen LogP contribution < -0.4 is 20.5 Å². The fourth-order valence-electron chi connectivity index (χ4n) is 6.38. The van der Waals surface area contributed by atoms with Crippen LogP contribution in [-0.2, 0) is 12.8 Å². The van der Waals surface area contributed by atoms with Crippen LogP contribution in [0, 0.1) is 11.6 Å². The Morgan fingerprint density at radius 2 is 1.10 bits per heavy atom. The van der Waals surface area contributed by atoms with Gasteiger partial charge in [-0.2, -0.15) is 0 Å². The number of carboxylic acids is 1. The molecule has 0 fully saturated rings. The number of carbonyl (C=O) groups is 4. The van der Waals surface area contributed by atoms with Gasteiger partial charge < -0.3 is 45.6 Å². The Hall–Kier alpha value is -6.94. The molecule has 15 heteroatoms. The Morgan fingerprint density at radius 1 is 0.657 bits per heavy atom. The molecule has 3 amide bonds. The van der Waals surface area contributed by atoms with Crippen molar-refractivity contribution >= 4 is 23.7 Å². The molecule has 0 bridgehead atoms. The first kappa shape index (κ1) is 56.2. The van der Waals surface area contributed by atoms with Crippen LogP contribution >= 0.6 is 0 Å². The summed E-state index contributed by atoms with van der Waals surface area (Å²) in [5, 5.41) is 30.2. The summed E-state index contributed by atoms with van der Waals surface area (Å²) < 4.78 is 37.7. The molecule has 6 N–H and O–H groups in total. The highest BCUT2D eigenvalue weighted by molar-refractivity contribution is 6.00. The highest BCUT2D eigenvalue weighted by Gasteiger charge is 2.19. The monoisotopic (exact) mass is 926 g/mol. The Labute approximate surface area is 392 Å². The maximum Gasteiger partial charge on any atom is 0.335 e. The van der Waals surface area contributed by atoms with E-state index in [0.717, 1.165) is 12.8 Å². The van der Waals surface area contributed by atoms with E-state index < -0.39 is 23.7 Å². The molecule has 0 aliphatic carbocycles. The van der Waals surface area contributed by atoms with E-state index in [0.29, 0.717) is 78.5 Å². The van der Waals surface area contributed by atoms with E-state index in [1.165, 1.54) is 42.5 Å². The summed E-state index contributed by atoms with van der Waals surface area (Å²) >= 11 is 0. The molecule has 13 nitrogen and oxygen atoms in total. The number of nitrogens with two attached hydrogens (primary N) is 1. The summed E-state index contributed by atoms with van der Waals surface area (Å²) in [5.41, 5.74) is 8.06. The third-order valence-corrected chi connectivity index (χ3v) is 9.36. The van der Waals surface area contributed by atoms with Crippen molar-refractivity contribution in [2.24, 2.45) is 5.73 Å². The molecular weight excluding hydrogens is 863 g/mol. The Kier molecular flexibility index (Phi) is 26.0. The van der Waals surface area contributed by atoms with E-state index in [4.69, 9.17) is 25.4 Å². The van der Waals surface area contributed by atoms with E-state index in [1.807, 2.05) is 13.8 Å². The number of aromatic carboxylic acids is 1. The fraction of sp³-hybridized carbons (Fsp3) is 0.308. The van der Waals surface area contributed by atoms with Crippen LogP contribution in [0.2, 0.25) is 0 Å². The molecule has 0 aliphatic rings. The molecule has 0 aliphatic heterocycles. The molecule has 1 unspecified atom stereocenters. The Balaban J connectivity index is 0.000000381. The molecule has 360 valence electrons. The zero-order valence-electron chi connectivity index (χ0n) is 38.4. The van der Waals surface area contributed by atoms with Crippen LogP contribution in [0.4, 0.5) is 8.78 Å². The SMILES string of the molecule is C=CCN(CCC)C(=O)c1cccc(C(=O)O)c1.C=CCOc1cc(F)cc(CC(CO)NC(=O)c2cccc(C(=O)N(CC=C)CCC)c2)c1.C=CCOc1cc(F)cc(C[C@H](N)CO)c1. The first-order valence-corrected chi connectivity index (χ1v) is 21.7. The lowest BCUT2D eigenvalue weighted by Crippen LogP contribution is -2.39. The first-order valence-electron chi connectivity index (χ1n) is 21.7. The molecule has 4 rings (SSSR count). The van der Waals surface area contributed by atoms with Crippen LogP contribution in [0.15, 0.2) is 136 Å². The zero-order valence-corrected chi connectivity index (χ0v) is 38.4. The van der Waals surface area contributed by atoms with E-state index >= 15 is 0 Å². The van der Waals surface area contributed by atoms with Gasteiger partial charge >= 0.3 is 5.97 Å². The van der Waals surface area contributed by atoms with E-state index in [-0.39, 0.29) is 55.5 Å². The van der Waals surface area contributed by atoms with E-state index in [2.05, 4.69) is 31.6 Å². The highest BCUT2D eigenvalue weighted by atomic mass is 19.1. The molecule has 4 aromatic rings. The predicted octanol–water partition coefficient (Wildman–Crippen LogP) is 7.44. The molecular formula is C52H64F2N4O9. The summed E-state index contributed by atoms with van der Waals surface area (Å²) in [4.78, 5) is 52.0. The van der Waals surface area contributed by atoms with Crippen molar-refractivity contribution in [3.8, 4) is 11.5 Å². The van der Waals surface area contributed by atoms with Crippen molar-refractivity contribution in [2.75, 3.05) is 52.6 Å². The average Bonchev–Trinajstić information content (AvgIpc) is 3.31. The second kappa shape index (κ2) is 31.1. The van der Waals surface area contributed by atoms with Gasteiger partial charge in [0.15, 0.2) is 0 Å². The largest absolute Gasteiger partial charge is 0.489 e. The van der Waals surface area contributed by atoms with Crippen molar-refractivity contribution in [1.82, 2.24) is 15.1 Å². The van der Waals surface area contributed by atoms with E-state index in [9.17, 15) is 33.1 Å². The third kappa shape index (κ3) is 20.4. The van der Waals surface area contributed by atoms with E-state index in [1.54, 1.807) is 76.6 Å². The minimum atomic E-state index is -1.03. The van der Waals surface area contributed by atoms with Crippen LogP contribution in [0.3, 0.4) is 0 Å². The number of rotatable bonds is 25. The van der Waals surface area contributed by atoms with Gasteiger partial charge in [-0.25, -0.2) is 13.6 Å². The van der Waals surface area contributed by atoms with Crippen LogP contribution in [0.5, 0.6) is 11.5 Å². The van der Waals surface area contributed by atoms with Gasteiger partial charge in [-0.3, -0.25) is 14.4 Å². The Morgan fingerprint density at radius 3 is 1.52 bits per heavy atom. The number of carboxylic acid groups (broad SMARTS) is 1. The lowest BCUT2D eigenvalue weighted by molar-refractivity contribution is 0.0695. The van der Waals surface area contributed by atoms with Crippen LogP contribution in [0.25, 0.3) is 0 Å². The van der Waals surface area contributed by atoms with Gasteiger partial charge in [-0.1, -0.05) is 63.4 Å². The number of hydrogen-bond donors (Lipinski definition) is 5. The molecule has 2 atom stereocenters. The number of halogens is 2. The van der Waals surface area contributed by atoms with Gasteiger partial charge in [0.25, 0.3) is 17.7 Å². The summed E-state index contributed by atoms with van der Waals surface area (Å²) in [7, 11) is 0. The molecule has 0 aromatic heterocycles.